The van der Waals surface area contributed by atoms with E-state index in [0.717, 1.165) is 25.9 Å². The maximum Gasteiger partial charge on any atom is 0.318 e. The zero-order valence-electron chi connectivity index (χ0n) is 12.4. The summed E-state index contributed by atoms with van der Waals surface area (Å²) >= 11 is 0. The summed E-state index contributed by atoms with van der Waals surface area (Å²) in [6, 6.07) is -0.169. The molecule has 2 heterocycles. The summed E-state index contributed by atoms with van der Waals surface area (Å²) in [5.41, 5.74) is 0. The summed E-state index contributed by atoms with van der Waals surface area (Å²) in [7, 11) is 0. The molecule has 2 atom stereocenters. The maximum absolute atomic E-state index is 12.1. The zero-order chi connectivity index (χ0) is 14.5. The van der Waals surface area contributed by atoms with Crippen LogP contribution >= 0.6 is 0 Å². The van der Waals surface area contributed by atoms with Gasteiger partial charge in [-0.15, -0.1) is 0 Å². The van der Waals surface area contributed by atoms with Gasteiger partial charge in [-0.05, 0) is 33.1 Å². The molecule has 2 aliphatic heterocycles. The summed E-state index contributed by atoms with van der Waals surface area (Å²) in [6.07, 6.45) is 3.42. The van der Waals surface area contributed by atoms with E-state index >= 15 is 0 Å². The van der Waals surface area contributed by atoms with Crippen LogP contribution in [-0.4, -0.2) is 66.7 Å². The van der Waals surface area contributed by atoms with Gasteiger partial charge in [-0.2, -0.15) is 0 Å². The number of piperidine rings is 1. The second-order valence-corrected chi connectivity index (χ2v) is 5.76. The van der Waals surface area contributed by atoms with Crippen molar-refractivity contribution in [2.45, 2.75) is 45.3 Å². The SMILES string of the molecule is C[C@@H]1CN(C(=O)NCC(=O)N2CCCCC2)C[C@@H](C)O1. The maximum atomic E-state index is 12.1. The van der Waals surface area contributed by atoms with Gasteiger partial charge >= 0.3 is 6.03 Å². The standard InChI is InChI=1S/C14H25N3O3/c1-11-9-17(10-12(2)20-11)14(19)15-8-13(18)16-6-4-3-5-7-16/h11-12H,3-10H2,1-2H3,(H,15,19)/t11-,12-/m1/s1. The first kappa shape index (κ1) is 15.1. The van der Waals surface area contributed by atoms with Gasteiger partial charge in [0.25, 0.3) is 0 Å². The molecule has 2 saturated heterocycles. The number of hydrogen-bond donors (Lipinski definition) is 1. The molecule has 2 aliphatic rings. The average Bonchev–Trinajstić information content (AvgIpc) is 2.44. The summed E-state index contributed by atoms with van der Waals surface area (Å²) in [6.45, 7) is 6.80. The Kier molecular flexibility index (Phi) is 5.23. The number of carbonyl (C=O) groups is 2. The average molecular weight is 283 g/mol. The van der Waals surface area contributed by atoms with Gasteiger partial charge in [0.1, 0.15) is 0 Å². The van der Waals surface area contributed by atoms with Gasteiger partial charge in [0, 0.05) is 26.2 Å². The van der Waals surface area contributed by atoms with Gasteiger partial charge < -0.3 is 19.9 Å². The Morgan fingerprint density at radius 1 is 1.05 bits per heavy atom. The van der Waals surface area contributed by atoms with E-state index in [1.165, 1.54) is 6.42 Å². The number of nitrogens with zero attached hydrogens (tertiary/aromatic N) is 2. The molecule has 2 rings (SSSR count). The van der Waals surface area contributed by atoms with Crippen molar-refractivity contribution in [3.05, 3.63) is 0 Å². The molecule has 0 saturated carbocycles. The van der Waals surface area contributed by atoms with Gasteiger partial charge in [0.05, 0.1) is 18.8 Å². The molecule has 3 amide bonds. The van der Waals surface area contributed by atoms with E-state index in [2.05, 4.69) is 5.32 Å². The Morgan fingerprint density at radius 2 is 1.65 bits per heavy atom. The lowest BCUT2D eigenvalue weighted by molar-refractivity contribution is -0.131. The quantitative estimate of drug-likeness (QED) is 0.816. The van der Waals surface area contributed by atoms with Crippen LogP contribution in [0.5, 0.6) is 0 Å². The van der Waals surface area contributed by atoms with Crippen LogP contribution in [0.25, 0.3) is 0 Å². The van der Waals surface area contributed by atoms with Crippen molar-refractivity contribution >= 4 is 11.9 Å². The number of rotatable bonds is 2. The largest absolute Gasteiger partial charge is 0.372 e. The first-order valence-corrected chi connectivity index (χ1v) is 7.52. The van der Waals surface area contributed by atoms with Gasteiger partial charge in [-0.1, -0.05) is 0 Å². The Balaban J connectivity index is 1.75. The van der Waals surface area contributed by atoms with Crippen LogP contribution in [0.3, 0.4) is 0 Å². The number of carbonyl (C=O) groups excluding carboxylic acids is 2. The zero-order valence-corrected chi connectivity index (χ0v) is 12.4. The Labute approximate surface area is 120 Å². The van der Waals surface area contributed by atoms with Crippen LogP contribution in [0.1, 0.15) is 33.1 Å². The predicted octanol–water partition coefficient (Wildman–Crippen LogP) is 0.818. The van der Waals surface area contributed by atoms with Crippen molar-refractivity contribution in [3.8, 4) is 0 Å². The van der Waals surface area contributed by atoms with Crippen LogP contribution in [0, 0.1) is 0 Å². The van der Waals surface area contributed by atoms with Gasteiger partial charge in [-0.25, -0.2) is 4.79 Å². The number of ether oxygens (including phenoxy) is 1. The second kappa shape index (κ2) is 6.92. The minimum Gasteiger partial charge on any atom is -0.372 e. The molecule has 0 unspecified atom stereocenters. The van der Waals surface area contributed by atoms with Crippen LogP contribution < -0.4 is 5.32 Å². The highest BCUT2D eigenvalue weighted by Gasteiger charge is 2.26. The third-order valence-electron chi connectivity index (χ3n) is 3.81. The van der Waals surface area contributed by atoms with E-state index in [-0.39, 0.29) is 30.7 Å². The molecule has 114 valence electrons. The highest BCUT2D eigenvalue weighted by Crippen LogP contribution is 2.11. The Bertz CT molecular complexity index is 346. The monoisotopic (exact) mass is 283 g/mol. The molecule has 2 fully saturated rings. The number of morpholine rings is 1. The van der Waals surface area contributed by atoms with E-state index in [0.29, 0.717) is 13.1 Å². The lowest BCUT2D eigenvalue weighted by Gasteiger charge is -2.35. The van der Waals surface area contributed by atoms with Crippen molar-refractivity contribution in [2.24, 2.45) is 0 Å². The van der Waals surface area contributed by atoms with Crippen molar-refractivity contribution < 1.29 is 14.3 Å². The molecule has 20 heavy (non-hydrogen) atoms. The number of amides is 3. The topological polar surface area (TPSA) is 61.9 Å². The van der Waals surface area contributed by atoms with E-state index in [4.69, 9.17) is 4.74 Å². The third kappa shape index (κ3) is 4.10. The molecule has 6 nitrogen and oxygen atoms in total. The van der Waals surface area contributed by atoms with Gasteiger partial charge in [0.2, 0.25) is 5.91 Å². The normalized spacial score (nSPS) is 27.3. The van der Waals surface area contributed by atoms with Gasteiger partial charge in [0.15, 0.2) is 0 Å². The summed E-state index contributed by atoms with van der Waals surface area (Å²) < 4.78 is 5.59. The van der Waals surface area contributed by atoms with Crippen LogP contribution in [-0.2, 0) is 9.53 Å². The first-order chi connectivity index (χ1) is 9.56. The van der Waals surface area contributed by atoms with Crippen molar-refractivity contribution in [1.29, 1.82) is 0 Å². The molecule has 1 N–H and O–H groups in total. The minimum atomic E-state index is -0.169. The first-order valence-electron chi connectivity index (χ1n) is 7.52. The number of nitrogens with one attached hydrogen (secondary N) is 1. The van der Waals surface area contributed by atoms with Crippen LogP contribution in [0.2, 0.25) is 0 Å². The minimum absolute atomic E-state index is 0.0207. The number of urea groups is 1. The lowest BCUT2D eigenvalue weighted by Crippen LogP contribution is -2.53. The van der Waals surface area contributed by atoms with Gasteiger partial charge in [-0.3, -0.25) is 4.79 Å². The third-order valence-corrected chi connectivity index (χ3v) is 3.81. The van der Waals surface area contributed by atoms with E-state index < -0.39 is 0 Å². The van der Waals surface area contributed by atoms with Crippen LogP contribution in [0.15, 0.2) is 0 Å². The smallest absolute Gasteiger partial charge is 0.318 e. The Morgan fingerprint density at radius 3 is 2.25 bits per heavy atom. The van der Waals surface area contributed by atoms with E-state index in [9.17, 15) is 9.59 Å². The number of hydrogen-bond acceptors (Lipinski definition) is 3. The fourth-order valence-electron chi connectivity index (χ4n) is 2.86. The molecule has 0 radical (unpaired) electrons. The second-order valence-electron chi connectivity index (χ2n) is 5.76. The number of likely N-dealkylation sites (tertiary alicyclic amines) is 1. The molecule has 0 aliphatic carbocycles. The van der Waals surface area contributed by atoms with Crippen molar-refractivity contribution in [1.82, 2.24) is 15.1 Å². The molecular weight excluding hydrogens is 258 g/mol. The van der Waals surface area contributed by atoms with E-state index in [1.54, 1.807) is 4.90 Å². The highest BCUT2D eigenvalue weighted by atomic mass is 16.5. The fraction of sp³-hybridized carbons (Fsp3) is 0.857. The summed E-state index contributed by atoms with van der Waals surface area (Å²) in [4.78, 5) is 27.6. The van der Waals surface area contributed by atoms with Crippen molar-refractivity contribution in [2.75, 3.05) is 32.7 Å². The molecule has 0 aromatic rings. The summed E-state index contributed by atoms with van der Waals surface area (Å²) in [5, 5.41) is 2.73. The summed E-state index contributed by atoms with van der Waals surface area (Å²) in [5.74, 6) is 0.0207. The highest BCUT2D eigenvalue weighted by molar-refractivity contribution is 5.84. The lowest BCUT2D eigenvalue weighted by atomic mass is 10.1. The Hall–Kier alpha value is -1.30. The van der Waals surface area contributed by atoms with Crippen LogP contribution in [0.4, 0.5) is 4.79 Å². The predicted molar refractivity (Wildman–Crippen MR) is 75.4 cm³/mol. The molecule has 0 bridgehead atoms. The fourth-order valence-corrected chi connectivity index (χ4v) is 2.86. The molecule has 0 aromatic carbocycles. The van der Waals surface area contributed by atoms with Crippen molar-refractivity contribution in [3.63, 3.8) is 0 Å². The molecule has 0 spiro atoms. The molecule has 0 aromatic heterocycles. The molecule has 6 heteroatoms. The molecular formula is C14H25N3O3. The van der Waals surface area contributed by atoms with E-state index in [1.807, 2.05) is 18.7 Å².